The van der Waals surface area contributed by atoms with Crippen LogP contribution in [-0.4, -0.2) is 31.9 Å². The molecule has 0 spiro atoms. The third kappa shape index (κ3) is 4.44. The second kappa shape index (κ2) is 7.69. The molecule has 0 radical (unpaired) electrons. The summed E-state index contributed by atoms with van der Waals surface area (Å²) in [6.45, 7) is 5.99. The van der Waals surface area contributed by atoms with Gasteiger partial charge in [0.15, 0.2) is 5.69 Å². The van der Waals surface area contributed by atoms with E-state index in [1.54, 1.807) is 30.3 Å². The molecule has 3 aromatic rings. The summed E-state index contributed by atoms with van der Waals surface area (Å²) in [6.07, 6.45) is 1.09. The summed E-state index contributed by atoms with van der Waals surface area (Å²) >= 11 is 0. The number of amides is 1. The first kappa shape index (κ1) is 21.7. The van der Waals surface area contributed by atoms with Gasteiger partial charge in [-0.1, -0.05) is 51.1 Å². The predicted octanol–water partition coefficient (Wildman–Crippen LogP) is 2.54. The van der Waals surface area contributed by atoms with E-state index in [0.29, 0.717) is 4.09 Å². The lowest BCUT2D eigenvalue weighted by molar-refractivity contribution is 0.0976. The van der Waals surface area contributed by atoms with E-state index in [0.717, 1.165) is 17.8 Å². The van der Waals surface area contributed by atoms with Crippen molar-refractivity contribution < 1.29 is 21.6 Å². The maximum absolute atomic E-state index is 12.5. The molecule has 8 nitrogen and oxygen atoms in total. The first-order valence-electron chi connectivity index (χ1n) is 8.95. The quantitative estimate of drug-likeness (QED) is 0.643. The van der Waals surface area contributed by atoms with E-state index < -0.39 is 26.0 Å². The van der Waals surface area contributed by atoms with Crippen molar-refractivity contribution in [3.8, 4) is 0 Å². The molecule has 0 bridgehead atoms. The summed E-state index contributed by atoms with van der Waals surface area (Å²) in [5.74, 6) is -1.03. The van der Waals surface area contributed by atoms with Crippen LogP contribution >= 0.6 is 0 Å². The SMILES string of the molecule is CC(C)(C)c1ccc(S(=O)(=O)NC(=O)c2ccn(S(=O)(=O)c3ccccc3)n2)cc1. The van der Waals surface area contributed by atoms with E-state index in [1.165, 1.54) is 24.3 Å². The van der Waals surface area contributed by atoms with Crippen molar-refractivity contribution in [2.24, 2.45) is 0 Å². The number of carbonyl (C=O) groups is 1. The Balaban J connectivity index is 1.81. The van der Waals surface area contributed by atoms with Crippen LogP contribution in [0, 0.1) is 0 Å². The lowest BCUT2D eigenvalue weighted by Crippen LogP contribution is -2.31. The Morgan fingerprint density at radius 2 is 1.47 bits per heavy atom. The van der Waals surface area contributed by atoms with Crippen LogP contribution < -0.4 is 4.72 Å². The molecule has 0 atom stereocenters. The standard InChI is InChI=1S/C20H21N3O5S2/c1-20(2,3)15-9-11-16(12-10-15)29(25,26)22-19(24)18-13-14-23(21-18)30(27,28)17-7-5-4-6-8-17/h4-14H,1-3H3,(H,22,24). The molecule has 0 fully saturated rings. The molecule has 1 amide bonds. The maximum atomic E-state index is 12.5. The molecule has 1 heterocycles. The van der Waals surface area contributed by atoms with E-state index in [4.69, 9.17) is 0 Å². The van der Waals surface area contributed by atoms with Crippen LogP contribution in [0.2, 0.25) is 0 Å². The lowest BCUT2D eigenvalue weighted by Gasteiger charge is -2.19. The lowest BCUT2D eigenvalue weighted by atomic mass is 9.87. The number of hydrogen-bond donors (Lipinski definition) is 1. The largest absolute Gasteiger partial charge is 0.285 e. The van der Waals surface area contributed by atoms with Crippen LogP contribution in [0.4, 0.5) is 0 Å². The fourth-order valence-electron chi connectivity index (χ4n) is 2.63. The van der Waals surface area contributed by atoms with Gasteiger partial charge in [-0.2, -0.15) is 17.6 Å². The zero-order chi connectivity index (χ0) is 22.2. The Morgan fingerprint density at radius 3 is 2.03 bits per heavy atom. The van der Waals surface area contributed by atoms with Gasteiger partial charge in [0, 0.05) is 6.20 Å². The summed E-state index contributed by atoms with van der Waals surface area (Å²) in [7, 11) is -8.14. The van der Waals surface area contributed by atoms with Crippen molar-refractivity contribution in [3.63, 3.8) is 0 Å². The highest BCUT2D eigenvalue weighted by molar-refractivity contribution is 7.90. The number of carbonyl (C=O) groups excluding carboxylic acids is 1. The third-order valence-electron chi connectivity index (χ3n) is 4.34. The molecule has 3 rings (SSSR count). The molecule has 10 heteroatoms. The van der Waals surface area contributed by atoms with Crippen molar-refractivity contribution >= 4 is 26.0 Å². The van der Waals surface area contributed by atoms with Gasteiger partial charge in [-0.25, -0.2) is 13.1 Å². The molecule has 1 aromatic heterocycles. The van der Waals surface area contributed by atoms with Crippen LogP contribution in [-0.2, 0) is 25.5 Å². The second-order valence-electron chi connectivity index (χ2n) is 7.60. The average Bonchev–Trinajstić information content (AvgIpc) is 3.19. The fraction of sp³-hybridized carbons (Fsp3) is 0.200. The molecule has 1 N–H and O–H groups in total. The molecule has 0 saturated carbocycles. The smallest absolute Gasteiger partial charge is 0.266 e. The summed E-state index contributed by atoms with van der Waals surface area (Å²) in [6, 6.07) is 14.9. The highest BCUT2D eigenvalue weighted by atomic mass is 32.2. The third-order valence-corrected chi connectivity index (χ3v) is 7.25. The normalized spacial score (nSPS) is 12.5. The minimum absolute atomic E-state index is 0.00776. The van der Waals surface area contributed by atoms with Crippen LogP contribution in [0.15, 0.2) is 76.7 Å². The topological polar surface area (TPSA) is 115 Å². The van der Waals surface area contributed by atoms with Gasteiger partial charge in [-0.3, -0.25) is 4.79 Å². The molecular formula is C20H21N3O5S2. The van der Waals surface area contributed by atoms with E-state index in [1.807, 2.05) is 25.5 Å². The van der Waals surface area contributed by atoms with Gasteiger partial charge in [-0.15, -0.1) is 0 Å². The van der Waals surface area contributed by atoms with E-state index in [9.17, 15) is 21.6 Å². The predicted molar refractivity (Wildman–Crippen MR) is 111 cm³/mol. The van der Waals surface area contributed by atoms with Gasteiger partial charge in [0.1, 0.15) is 0 Å². The Bertz CT molecular complexity index is 1270. The van der Waals surface area contributed by atoms with Crippen LogP contribution in [0.5, 0.6) is 0 Å². The molecule has 2 aromatic carbocycles. The molecule has 0 aliphatic carbocycles. The van der Waals surface area contributed by atoms with Gasteiger partial charge < -0.3 is 0 Å². The van der Waals surface area contributed by atoms with E-state index in [2.05, 4.69) is 5.10 Å². The molecule has 0 aliphatic heterocycles. The van der Waals surface area contributed by atoms with Gasteiger partial charge in [0.2, 0.25) is 0 Å². The molecule has 158 valence electrons. The van der Waals surface area contributed by atoms with Crippen LogP contribution in [0.1, 0.15) is 36.8 Å². The van der Waals surface area contributed by atoms with Crippen molar-refractivity contribution in [2.45, 2.75) is 36.0 Å². The summed E-state index contributed by atoms with van der Waals surface area (Å²) < 4.78 is 52.7. The van der Waals surface area contributed by atoms with Gasteiger partial charge in [-0.05, 0) is 41.3 Å². The first-order valence-corrected chi connectivity index (χ1v) is 11.9. The van der Waals surface area contributed by atoms with Crippen molar-refractivity contribution in [3.05, 3.63) is 78.1 Å². The Labute approximate surface area is 175 Å². The second-order valence-corrected chi connectivity index (χ2v) is 11.1. The number of nitrogens with zero attached hydrogens (tertiary/aromatic N) is 2. The summed E-state index contributed by atoms with van der Waals surface area (Å²) in [5.41, 5.74) is 0.449. The number of aromatic nitrogens is 2. The van der Waals surface area contributed by atoms with Gasteiger partial charge in [0.05, 0.1) is 9.79 Å². The number of hydrogen-bond acceptors (Lipinski definition) is 6. The van der Waals surface area contributed by atoms with Crippen molar-refractivity contribution in [2.75, 3.05) is 0 Å². The number of rotatable bonds is 5. The molecule has 0 aliphatic rings. The van der Waals surface area contributed by atoms with Crippen molar-refractivity contribution in [1.29, 1.82) is 0 Å². The van der Waals surface area contributed by atoms with Crippen LogP contribution in [0.25, 0.3) is 0 Å². The summed E-state index contributed by atoms with van der Waals surface area (Å²) in [5, 5.41) is 3.73. The number of sulfonamides is 1. The van der Waals surface area contributed by atoms with E-state index in [-0.39, 0.29) is 20.9 Å². The molecule has 0 saturated heterocycles. The van der Waals surface area contributed by atoms with Gasteiger partial charge in [0.25, 0.3) is 26.0 Å². The summed E-state index contributed by atoms with van der Waals surface area (Å²) in [4.78, 5) is 12.3. The highest BCUT2D eigenvalue weighted by Crippen LogP contribution is 2.23. The van der Waals surface area contributed by atoms with E-state index >= 15 is 0 Å². The molecule has 0 unspecified atom stereocenters. The fourth-order valence-corrected chi connectivity index (χ4v) is 4.72. The van der Waals surface area contributed by atoms with Crippen LogP contribution in [0.3, 0.4) is 0 Å². The Hall–Kier alpha value is -2.98. The maximum Gasteiger partial charge on any atom is 0.285 e. The number of benzene rings is 2. The number of nitrogens with one attached hydrogen (secondary N) is 1. The Morgan fingerprint density at radius 1 is 0.867 bits per heavy atom. The molecule has 30 heavy (non-hydrogen) atoms. The minimum atomic E-state index is -4.15. The first-order chi connectivity index (χ1) is 13.9. The average molecular weight is 448 g/mol. The monoisotopic (exact) mass is 447 g/mol. The Kier molecular flexibility index (Phi) is 5.57. The van der Waals surface area contributed by atoms with Crippen molar-refractivity contribution in [1.82, 2.24) is 13.9 Å². The van der Waals surface area contributed by atoms with Gasteiger partial charge >= 0.3 is 0 Å². The highest BCUT2D eigenvalue weighted by Gasteiger charge is 2.24. The molecular weight excluding hydrogens is 426 g/mol. The zero-order valence-electron chi connectivity index (χ0n) is 16.6. The zero-order valence-corrected chi connectivity index (χ0v) is 18.2. The minimum Gasteiger partial charge on any atom is -0.266 e.